The zero-order chi connectivity index (χ0) is 23.5. The molecule has 1 aliphatic rings. The Morgan fingerprint density at radius 2 is 1.81 bits per heavy atom. The number of nitrogens with one attached hydrogen (secondary N) is 1. The molecule has 3 N–H and O–H groups in total. The molecule has 2 amide bonds. The van der Waals surface area contributed by atoms with E-state index in [2.05, 4.69) is 5.32 Å². The minimum atomic E-state index is -1.43. The van der Waals surface area contributed by atoms with E-state index in [4.69, 9.17) is 21.4 Å². The first-order valence-electron chi connectivity index (χ1n) is 10.5. The summed E-state index contributed by atoms with van der Waals surface area (Å²) in [6, 6.07) is 8.77. The van der Waals surface area contributed by atoms with Crippen molar-refractivity contribution in [3.05, 3.63) is 40.9 Å². The maximum atomic E-state index is 13.1. The van der Waals surface area contributed by atoms with Crippen molar-refractivity contribution in [3.63, 3.8) is 0 Å². The van der Waals surface area contributed by atoms with E-state index < -0.39 is 23.5 Å². The Kier molecular flexibility index (Phi) is 7.13. The van der Waals surface area contributed by atoms with E-state index in [9.17, 15) is 19.5 Å². The summed E-state index contributed by atoms with van der Waals surface area (Å²) in [6.07, 6.45) is 0.594. The Balaban J connectivity index is 1.90. The number of carbonyl (C=O) groups is 3. The number of carbonyl (C=O) groups excluding carboxylic acids is 1. The Labute approximate surface area is 191 Å². The number of halogens is 1. The normalized spacial score (nSPS) is 16.4. The van der Waals surface area contributed by atoms with Crippen molar-refractivity contribution in [1.29, 1.82) is 0 Å². The molecule has 3 rings (SSSR count). The van der Waals surface area contributed by atoms with Gasteiger partial charge in [0.05, 0.1) is 12.2 Å². The molecule has 1 aliphatic heterocycles. The topological polar surface area (TPSA) is 116 Å². The molecule has 2 aromatic rings. The third kappa shape index (κ3) is 4.91. The highest BCUT2D eigenvalue weighted by molar-refractivity contribution is 6.36. The van der Waals surface area contributed by atoms with Crippen LogP contribution in [0.2, 0.25) is 5.02 Å². The van der Waals surface area contributed by atoms with E-state index in [1.54, 1.807) is 13.0 Å². The van der Waals surface area contributed by atoms with E-state index in [-0.39, 0.29) is 17.9 Å². The summed E-state index contributed by atoms with van der Waals surface area (Å²) in [7, 11) is 0. The van der Waals surface area contributed by atoms with Crippen molar-refractivity contribution < 1.29 is 29.3 Å². The summed E-state index contributed by atoms with van der Waals surface area (Å²) in [6.45, 7) is 4.32. The number of amides is 2. The van der Waals surface area contributed by atoms with Gasteiger partial charge < -0.3 is 25.2 Å². The molecule has 0 spiro atoms. The quantitative estimate of drug-likeness (QED) is 0.566. The van der Waals surface area contributed by atoms with E-state index in [0.717, 1.165) is 5.39 Å². The van der Waals surface area contributed by atoms with Gasteiger partial charge >= 0.3 is 12.1 Å². The molecule has 1 fully saturated rings. The Hall–Kier alpha value is -3.00. The maximum absolute atomic E-state index is 13.1. The number of piperidine rings is 1. The first-order valence-corrected chi connectivity index (χ1v) is 10.9. The van der Waals surface area contributed by atoms with Crippen molar-refractivity contribution in [2.24, 2.45) is 5.92 Å². The van der Waals surface area contributed by atoms with Crippen molar-refractivity contribution in [2.45, 2.75) is 38.6 Å². The fraction of sp³-hybridized carbons (Fsp3) is 0.435. The average molecular weight is 463 g/mol. The monoisotopic (exact) mass is 462 g/mol. The largest absolute Gasteiger partial charge is 0.492 e. The molecular weight excluding hydrogens is 436 g/mol. The summed E-state index contributed by atoms with van der Waals surface area (Å²) in [5.74, 6) is -1.24. The van der Waals surface area contributed by atoms with E-state index in [1.807, 2.05) is 18.2 Å². The van der Waals surface area contributed by atoms with Crippen molar-refractivity contribution in [1.82, 2.24) is 10.2 Å². The number of fused-ring (bicyclic) bond motifs is 1. The standard InChI is InChI=1S/C23H27ClN2O6/c1-3-23(2,21(28)29)25-20(27)17-12-18(24)15-6-4-5-7-16(15)19(17)32-13-14-8-10-26(11-9-14)22(30)31/h4-7,12,14H,3,8-11,13H2,1-2H3,(H,25,27)(H,28,29)(H,30,31). The van der Waals surface area contributed by atoms with Crippen LogP contribution in [0.15, 0.2) is 30.3 Å². The lowest BCUT2D eigenvalue weighted by molar-refractivity contribution is -0.143. The summed E-state index contributed by atoms with van der Waals surface area (Å²) in [5, 5.41) is 23.0. The molecule has 1 saturated heterocycles. The predicted molar refractivity (Wildman–Crippen MR) is 121 cm³/mol. The highest BCUT2D eigenvalue weighted by Crippen LogP contribution is 2.36. The van der Waals surface area contributed by atoms with Gasteiger partial charge in [-0.25, -0.2) is 9.59 Å². The van der Waals surface area contributed by atoms with Gasteiger partial charge in [-0.15, -0.1) is 0 Å². The molecule has 0 aromatic heterocycles. The van der Waals surface area contributed by atoms with Gasteiger partial charge in [-0.2, -0.15) is 0 Å². The van der Waals surface area contributed by atoms with Crippen LogP contribution in [0.3, 0.4) is 0 Å². The van der Waals surface area contributed by atoms with Crippen LogP contribution in [0.5, 0.6) is 5.75 Å². The molecule has 172 valence electrons. The highest BCUT2D eigenvalue weighted by Gasteiger charge is 2.34. The van der Waals surface area contributed by atoms with Crippen LogP contribution in [-0.2, 0) is 4.79 Å². The molecule has 0 bridgehead atoms. The third-order valence-electron chi connectivity index (χ3n) is 6.11. The van der Waals surface area contributed by atoms with Gasteiger partial charge in [-0.3, -0.25) is 4.79 Å². The Morgan fingerprint density at radius 3 is 2.38 bits per heavy atom. The van der Waals surface area contributed by atoms with Crippen LogP contribution in [0.25, 0.3) is 10.8 Å². The molecule has 0 aliphatic carbocycles. The molecule has 8 nitrogen and oxygen atoms in total. The number of benzene rings is 2. The van der Waals surface area contributed by atoms with Gasteiger partial charge in [0.25, 0.3) is 5.91 Å². The second-order valence-corrected chi connectivity index (χ2v) is 8.66. The predicted octanol–water partition coefficient (Wildman–Crippen LogP) is 4.25. The molecule has 0 radical (unpaired) electrons. The zero-order valence-electron chi connectivity index (χ0n) is 18.1. The van der Waals surface area contributed by atoms with Crippen molar-refractivity contribution in [3.8, 4) is 5.75 Å². The molecule has 9 heteroatoms. The van der Waals surface area contributed by atoms with Crippen LogP contribution in [-0.4, -0.2) is 58.3 Å². The Bertz CT molecular complexity index is 1030. The fourth-order valence-corrected chi connectivity index (χ4v) is 4.01. The van der Waals surface area contributed by atoms with Gasteiger partial charge in [0.15, 0.2) is 0 Å². The van der Waals surface area contributed by atoms with Gasteiger partial charge in [-0.1, -0.05) is 42.8 Å². The van der Waals surface area contributed by atoms with Crippen molar-refractivity contribution >= 4 is 40.3 Å². The van der Waals surface area contributed by atoms with E-state index >= 15 is 0 Å². The minimum Gasteiger partial charge on any atom is -0.492 e. The maximum Gasteiger partial charge on any atom is 0.407 e. The number of likely N-dealkylation sites (tertiary alicyclic amines) is 1. The lowest BCUT2D eigenvalue weighted by Gasteiger charge is -2.30. The smallest absolute Gasteiger partial charge is 0.407 e. The zero-order valence-corrected chi connectivity index (χ0v) is 18.8. The fourth-order valence-electron chi connectivity index (χ4n) is 3.73. The van der Waals surface area contributed by atoms with Gasteiger partial charge in [0.1, 0.15) is 11.3 Å². The molecule has 1 unspecified atom stereocenters. The SMILES string of the molecule is CCC(C)(NC(=O)c1cc(Cl)c2ccccc2c1OCC1CCN(C(=O)O)CC1)C(=O)O. The van der Waals surface area contributed by atoms with Crippen LogP contribution in [0.4, 0.5) is 4.79 Å². The highest BCUT2D eigenvalue weighted by atomic mass is 35.5. The first-order chi connectivity index (χ1) is 15.2. The summed E-state index contributed by atoms with van der Waals surface area (Å²) in [5.41, 5.74) is -1.27. The van der Waals surface area contributed by atoms with Gasteiger partial charge in [0.2, 0.25) is 0 Å². The molecule has 32 heavy (non-hydrogen) atoms. The number of hydrogen-bond acceptors (Lipinski definition) is 4. The molecule has 2 aromatic carbocycles. The lowest BCUT2D eigenvalue weighted by atomic mass is 9.97. The van der Waals surface area contributed by atoms with Gasteiger partial charge in [-0.05, 0) is 38.2 Å². The minimum absolute atomic E-state index is 0.135. The number of hydrogen-bond donors (Lipinski definition) is 3. The van der Waals surface area contributed by atoms with Crippen LogP contribution < -0.4 is 10.1 Å². The molecule has 0 saturated carbocycles. The molecule has 1 heterocycles. The summed E-state index contributed by atoms with van der Waals surface area (Å²) in [4.78, 5) is 37.3. The number of aliphatic carboxylic acids is 1. The molecular formula is C23H27ClN2O6. The number of ether oxygens (including phenoxy) is 1. The number of nitrogens with zero attached hydrogens (tertiary/aromatic N) is 1. The van der Waals surface area contributed by atoms with E-state index in [0.29, 0.717) is 48.7 Å². The van der Waals surface area contributed by atoms with Crippen LogP contribution in [0.1, 0.15) is 43.5 Å². The number of carboxylic acids is 1. The average Bonchev–Trinajstić information content (AvgIpc) is 2.78. The summed E-state index contributed by atoms with van der Waals surface area (Å²) < 4.78 is 6.14. The third-order valence-corrected chi connectivity index (χ3v) is 6.42. The van der Waals surface area contributed by atoms with Crippen LogP contribution in [0, 0.1) is 5.92 Å². The molecule has 1 atom stereocenters. The van der Waals surface area contributed by atoms with Crippen LogP contribution >= 0.6 is 11.6 Å². The van der Waals surface area contributed by atoms with Gasteiger partial charge in [0, 0.05) is 28.9 Å². The second-order valence-electron chi connectivity index (χ2n) is 8.25. The Morgan fingerprint density at radius 1 is 1.19 bits per heavy atom. The first kappa shape index (κ1) is 23.7. The number of rotatable bonds is 7. The van der Waals surface area contributed by atoms with E-state index in [1.165, 1.54) is 17.9 Å². The van der Waals surface area contributed by atoms with Crippen molar-refractivity contribution in [2.75, 3.05) is 19.7 Å². The number of carboxylic acid groups (broad SMARTS) is 2. The lowest BCUT2D eigenvalue weighted by Crippen LogP contribution is -2.51. The summed E-state index contributed by atoms with van der Waals surface area (Å²) >= 11 is 6.43. The second kappa shape index (κ2) is 9.65.